The maximum Gasteiger partial charge on any atom is 0.309 e. The fourth-order valence-electron chi connectivity index (χ4n) is 4.11. The lowest BCUT2D eigenvalue weighted by Crippen LogP contribution is -2.52. The van der Waals surface area contributed by atoms with Gasteiger partial charge in [-0.3, -0.25) is 4.79 Å². The monoisotopic (exact) mass is 266 g/mol. The van der Waals surface area contributed by atoms with Crippen LogP contribution in [0.5, 0.6) is 0 Å². The van der Waals surface area contributed by atoms with Crippen LogP contribution >= 0.6 is 0 Å². The summed E-state index contributed by atoms with van der Waals surface area (Å²) in [6.45, 7) is 6.27. The van der Waals surface area contributed by atoms with Crippen molar-refractivity contribution in [1.29, 1.82) is 0 Å². The van der Waals surface area contributed by atoms with Gasteiger partial charge in [-0.05, 0) is 45.4 Å². The van der Waals surface area contributed by atoms with Gasteiger partial charge in [0.25, 0.3) is 0 Å². The molecule has 2 aliphatic carbocycles. The van der Waals surface area contributed by atoms with Crippen LogP contribution < -0.4 is 0 Å². The van der Waals surface area contributed by atoms with Gasteiger partial charge in [-0.15, -0.1) is 0 Å². The van der Waals surface area contributed by atoms with E-state index in [0.29, 0.717) is 0 Å². The minimum Gasteiger partial charge on any atom is -0.459 e. The quantitative estimate of drug-likeness (QED) is 0.682. The van der Waals surface area contributed by atoms with Crippen molar-refractivity contribution in [3.63, 3.8) is 0 Å². The predicted octanol–water partition coefficient (Wildman–Crippen LogP) is 4.86. The highest BCUT2D eigenvalue weighted by Gasteiger charge is 2.52. The standard InChI is InChI=1S/C17H30O2/c1-4-14(2)15(18)19-16(3)10-8-9-13-17(16)11-6-5-7-12-17/h14H,4-13H2,1-3H3. The first-order valence-corrected chi connectivity index (χ1v) is 8.26. The maximum atomic E-state index is 12.3. The molecule has 0 heterocycles. The summed E-state index contributed by atoms with van der Waals surface area (Å²) in [7, 11) is 0. The first-order chi connectivity index (χ1) is 9.03. The minimum absolute atomic E-state index is 0.0249. The molecule has 0 saturated heterocycles. The summed E-state index contributed by atoms with van der Waals surface area (Å²) in [4.78, 5) is 12.3. The average molecular weight is 266 g/mol. The second-order valence-corrected chi connectivity index (χ2v) is 7.01. The van der Waals surface area contributed by atoms with E-state index in [0.717, 1.165) is 12.8 Å². The molecule has 0 aromatic rings. The van der Waals surface area contributed by atoms with E-state index in [-0.39, 0.29) is 22.9 Å². The Morgan fingerprint density at radius 2 is 1.58 bits per heavy atom. The molecule has 0 amide bonds. The highest BCUT2D eigenvalue weighted by molar-refractivity contribution is 5.72. The highest BCUT2D eigenvalue weighted by atomic mass is 16.6. The normalized spacial score (nSPS) is 31.9. The molecule has 0 radical (unpaired) electrons. The molecule has 2 saturated carbocycles. The molecule has 19 heavy (non-hydrogen) atoms. The van der Waals surface area contributed by atoms with Crippen LogP contribution in [-0.4, -0.2) is 11.6 Å². The van der Waals surface area contributed by atoms with Crippen molar-refractivity contribution >= 4 is 5.97 Å². The van der Waals surface area contributed by atoms with Crippen molar-refractivity contribution in [1.82, 2.24) is 0 Å². The summed E-state index contributed by atoms with van der Waals surface area (Å²) < 4.78 is 6.09. The summed E-state index contributed by atoms with van der Waals surface area (Å²) in [5, 5.41) is 0. The summed E-state index contributed by atoms with van der Waals surface area (Å²) in [5.74, 6) is 0.0660. The highest BCUT2D eigenvalue weighted by Crippen LogP contribution is 2.55. The second-order valence-electron chi connectivity index (χ2n) is 7.01. The Labute approximate surface area is 118 Å². The Hall–Kier alpha value is -0.530. The van der Waals surface area contributed by atoms with Gasteiger partial charge in [-0.2, -0.15) is 0 Å². The second kappa shape index (κ2) is 5.85. The molecule has 0 aromatic heterocycles. The van der Waals surface area contributed by atoms with Crippen LogP contribution in [0.4, 0.5) is 0 Å². The summed E-state index contributed by atoms with van der Waals surface area (Å²) in [6, 6.07) is 0. The lowest BCUT2D eigenvalue weighted by atomic mass is 9.57. The van der Waals surface area contributed by atoms with E-state index >= 15 is 0 Å². The van der Waals surface area contributed by atoms with Gasteiger partial charge in [0.05, 0.1) is 5.92 Å². The van der Waals surface area contributed by atoms with Gasteiger partial charge < -0.3 is 4.74 Å². The summed E-state index contributed by atoms with van der Waals surface area (Å²) >= 11 is 0. The van der Waals surface area contributed by atoms with Crippen LogP contribution in [-0.2, 0) is 9.53 Å². The van der Waals surface area contributed by atoms with Crippen LogP contribution in [0.1, 0.15) is 85.0 Å². The van der Waals surface area contributed by atoms with Gasteiger partial charge in [0, 0.05) is 5.41 Å². The SMILES string of the molecule is CCC(C)C(=O)OC1(C)CCCCC12CCCCC2. The zero-order valence-electron chi connectivity index (χ0n) is 13.0. The largest absolute Gasteiger partial charge is 0.459 e. The molecule has 2 aliphatic rings. The molecule has 0 aromatic carbocycles. The number of esters is 1. The molecule has 2 nitrogen and oxygen atoms in total. The summed E-state index contributed by atoms with van der Waals surface area (Å²) in [5.41, 5.74) is 0.0821. The number of carbonyl (C=O) groups excluding carboxylic acids is 1. The zero-order chi connectivity index (χ0) is 13.9. The molecular formula is C17H30O2. The van der Waals surface area contributed by atoms with Crippen molar-refractivity contribution in [3.05, 3.63) is 0 Å². The first kappa shape index (κ1) is 14.9. The van der Waals surface area contributed by atoms with Crippen LogP contribution in [0.3, 0.4) is 0 Å². The van der Waals surface area contributed by atoms with Gasteiger partial charge in [-0.25, -0.2) is 0 Å². The van der Waals surface area contributed by atoms with Gasteiger partial charge in [-0.1, -0.05) is 39.5 Å². The Kier molecular flexibility index (Phi) is 4.58. The Bertz CT molecular complexity index is 309. The Balaban J connectivity index is 2.14. The van der Waals surface area contributed by atoms with Crippen LogP contribution in [0.2, 0.25) is 0 Å². The zero-order valence-corrected chi connectivity index (χ0v) is 13.0. The fourth-order valence-corrected chi connectivity index (χ4v) is 4.11. The van der Waals surface area contributed by atoms with Crippen LogP contribution in [0, 0.1) is 11.3 Å². The van der Waals surface area contributed by atoms with Crippen molar-refractivity contribution in [2.75, 3.05) is 0 Å². The van der Waals surface area contributed by atoms with E-state index in [1.54, 1.807) is 0 Å². The average Bonchev–Trinajstić information content (AvgIpc) is 2.42. The van der Waals surface area contributed by atoms with E-state index in [9.17, 15) is 4.79 Å². The lowest BCUT2D eigenvalue weighted by molar-refractivity contribution is -0.191. The molecule has 1 spiro atoms. The number of rotatable bonds is 3. The van der Waals surface area contributed by atoms with Gasteiger partial charge in [0.15, 0.2) is 0 Å². The van der Waals surface area contributed by atoms with E-state index in [1.807, 2.05) is 6.92 Å². The Morgan fingerprint density at radius 3 is 2.16 bits per heavy atom. The molecule has 0 aliphatic heterocycles. The molecular weight excluding hydrogens is 236 g/mol. The number of hydrogen-bond acceptors (Lipinski definition) is 2. The van der Waals surface area contributed by atoms with Crippen molar-refractivity contribution in [3.8, 4) is 0 Å². The fraction of sp³-hybridized carbons (Fsp3) is 0.941. The molecule has 110 valence electrons. The van der Waals surface area contributed by atoms with Crippen molar-refractivity contribution in [2.24, 2.45) is 11.3 Å². The molecule has 2 atom stereocenters. The topological polar surface area (TPSA) is 26.3 Å². The number of ether oxygens (including phenoxy) is 1. The third-order valence-corrected chi connectivity index (χ3v) is 5.83. The van der Waals surface area contributed by atoms with Gasteiger partial charge in [0.2, 0.25) is 0 Å². The van der Waals surface area contributed by atoms with Crippen molar-refractivity contribution in [2.45, 2.75) is 90.6 Å². The number of carbonyl (C=O) groups is 1. The third-order valence-electron chi connectivity index (χ3n) is 5.83. The smallest absolute Gasteiger partial charge is 0.309 e. The molecule has 2 fully saturated rings. The minimum atomic E-state index is -0.202. The van der Waals surface area contributed by atoms with Crippen molar-refractivity contribution < 1.29 is 9.53 Å². The Morgan fingerprint density at radius 1 is 1.05 bits per heavy atom. The number of hydrogen-bond donors (Lipinski definition) is 0. The van der Waals surface area contributed by atoms with E-state index in [4.69, 9.17) is 4.74 Å². The lowest BCUT2D eigenvalue weighted by Gasteiger charge is -2.53. The molecule has 2 rings (SSSR count). The van der Waals surface area contributed by atoms with Crippen LogP contribution in [0.15, 0.2) is 0 Å². The molecule has 2 unspecified atom stereocenters. The molecule has 0 N–H and O–H groups in total. The van der Waals surface area contributed by atoms with Crippen LogP contribution in [0.25, 0.3) is 0 Å². The molecule has 0 bridgehead atoms. The van der Waals surface area contributed by atoms with E-state index in [2.05, 4.69) is 13.8 Å². The van der Waals surface area contributed by atoms with Gasteiger partial charge >= 0.3 is 5.97 Å². The predicted molar refractivity (Wildman–Crippen MR) is 77.9 cm³/mol. The molecule has 2 heteroatoms. The first-order valence-electron chi connectivity index (χ1n) is 8.26. The van der Waals surface area contributed by atoms with E-state index < -0.39 is 0 Å². The summed E-state index contributed by atoms with van der Waals surface area (Å²) in [6.07, 6.45) is 12.2. The maximum absolute atomic E-state index is 12.3. The van der Waals surface area contributed by atoms with Gasteiger partial charge in [0.1, 0.15) is 5.60 Å². The third kappa shape index (κ3) is 2.83. The van der Waals surface area contributed by atoms with E-state index in [1.165, 1.54) is 51.4 Å².